The van der Waals surface area contributed by atoms with Gasteiger partial charge in [-0.05, 0) is 25.8 Å². The summed E-state index contributed by atoms with van der Waals surface area (Å²) in [6, 6.07) is 0.201. The Balaban J connectivity index is 2.25. The fourth-order valence-electron chi connectivity index (χ4n) is 2.31. The van der Waals surface area contributed by atoms with Gasteiger partial charge in [-0.15, -0.1) is 0 Å². The van der Waals surface area contributed by atoms with Crippen LogP contribution in [-0.2, 0) is 9.84 Å². The predicted octanol–water partition coefficient (Wildman–Crippen LogP) is 0.480. The maximum Gasteiger partial charge on any atom is 0.148 e. The normalized spacial score (nSPS) is 20.5. The first-order chi connectivity index (χ1) is 7.38. The van der Waals surface area contributed by atoms with Gasteiger partial charge in [-0.25, -0.2) is 8.42 Å². The van der Waals surface area contributed by atoms with Gasteiger partial charge in [0.1, 0.15) is 9.84 Å². The van der Waals surface area contributed by atoms with Crippen molar-refractivity contribution in [3.8, 4) is 0 Å². The minimum absolute atomic E-state index is 0.201. The van der Waals surface area contributed by atoms with Gasteiger partial charge in [0.2, 0.25) is 0 Å². The number of hydrogen-bond acceptors (Lipinski definition) is 4. The first-order valence-electron chi connectivity index (χ1n) is 6.00. The molecule has 0 bridgehead atoms. The molecule has 0 aromatic carbocycles. The summed E-state index contributed by atoms with van der Waals surface area (Å²) >= 11 is 0. The summed E-state index contributed by atoms with van der Waals surface area (Å²) in [4.78, 5) is 2.03. The highest BCUT2D eigenvalue weighted by Gasteiger charge is 2.22. The van der Waals surface area contributed by atoms with Crippen molar-refractivity contribution >= 4 is 9.84 Å². The minimum atomic E-state index is -2.86. The summed E-state index contributed by atoms with van der Waals surface area (Å²) in [5.74, 6) is 0.863. The Morgan fingerprint density at radius 3 is 2.44 bits per heavy atom. The lowest BCUT2D eigenvalue weighted by atomic mass is 9.99. The Labute approximate surface area is 99.1 Å². The molecule has 1 unspecified atom stereocenters. The number of rotatable bonds is 6. The average Bonchev–Trinajstić information content (AvgIpc) is 2.66. The molecule has 1 saturated carbocycles. The molecule has 1 rings (SSSR count). The maximum absolute atomic E-state index is 11.0. The number of likely N-dealkylation sites (N-methyl/N-ethyl adjacent to an activating group) is 1. The smallest absolute Gasteiger partial charge is 0.148 e. The van der Waals surface area contributed by atoms with Crippen molar-refractivity contribution in [2.75, 3.05) is 32.1 Å². The topological polar surface area (TPSA) is 63.4 Å². The van der Waals surface area contributed by atoms with Crippen LogP contribution in [0.2, 0.25) is 0 Å². The fourth-order valence-corrected chi connectivity index (χ4v) is 2.95. The van der Waals surface area contributed by atoms with Crippen LogP contribution in [0.5, 0.6) is 0 Å². The van der Waals surface area contributed by atoms with E-state index in [2.05, 4.69) is 0 Å². The van der Waals surface area contributed by atoms with E-state index in [-0.39, 0.29) is 11.8 Å². The molecule has 0 aromatic rings. The average molecular weight is 248 g/mol. The molecule has 16 heavy (non-hydrogen) atoms. The molecular weight excluding hydrogens is 224 g/mol. The van der Waals surface area contributed by atoms with Crippen LogP contribution in [0, 0.1) is 5.92 Å². The van der Waals surface area contributed by atoms with Crippen LogP contribution in [-0.4, -0.2) is 51.5 Å². The number of nitrogens with two attached hydrogens (primary N) is 1. The molecule has 0 aliphatic heterocycles. The van der Waals surface area contributed by atoms with E-state index in [4.69, 9.17) is 5.73 Å². The Morgan fingerprint density at radius 1 is 1.38 bits per heavy atom. The van der Waals surface area contributed by atoms with E-state index < -0.39 is 9.84 Å². The third-order valence-corrected chi connectivity index (χ3v) is 4.30. The van der Waals surface area contributed by atoms with Crippen molar-refractivity contribution in [2.45, 2.75) is 31.7 Å². The van der Waals surface area contributed by atoms with Gasteiger partial charge < -0.3 is 10.6 Å². The molecule has 0 saturated heterocycles. The molecule has 0 amide bonds. The Morgan fingerprint density at radius 2 is 1.94 bits per heavy atom. The number of sulfone groups is 1. The molecular formula is C11H24N2O2S. The van der Waals surface area contributed by atoms with Gasteiger partial charge in [-0.2, -0.15) is 0 Å². The lowest BCUT2D eigenvalue weighted by Crippen LogP contribution is -2.41. The Kier molecular flexibility index (Phi) is 5.21. The Hall–Kier alpha value is -0.130. The van der Waals surface area contributed by atoms with Crippen LogP contribution in [0.1, 0.15) is 25.7 Å². The first kappa shape index (κ1) is 13.9. The second-order valence-electron chi connectivity index (χ2n) is 5.10. The molecule has 5 heteroatoms. The van der Waals surface area contributed by atoms with E-state index >= 15 is 0 Å². The number of hydrogen-bond donors (Lipinski definition) is 1. The van der Waals surface area contributed by atoms with Crippen LogP contribution in [0.25, 0.3) is 0 Å². The largest absolute Gasteiger partial charge is 0.326 e. The fraction of sp³-hybridized carbons (Fsp3) is 1.00. The zero-order chi connectivity index (χ0) is 12.2. The van der Waals surface area contributed by atoms with E-state index in [9.17, 15) is 8.42 Å². The summed E-state index contributed by atoms with van der Waals surface area (Å²) in [5, 5.41) is 0. The summed E-state index contributed by atoms with van der Waals surface area (Å²) in [6.45, 7) is 1.39. The molecule has 1 aliphatic rings. The van der Waals surface area contributed by atoms with Crippen LogP contribution in [0.4, 0.5) is 0 Å². The van der Waals surface area contributed by atoms with Gasteiger partial charge in [-0.3, -0.25) is 0 Å². The van der Waals surface area contributed by atoms with Crippen LogP contribution in [0.15, 0.2) is 0 Å². The molecule has 0 spiro atoms. The van der Waals surface area contributed by atoms with E-state index in [0.29, 0.717) is 12.5 Å². The summed E-state index contributed by atoms with van der Waals surface area (Å²) in [5.41, 5.74) is 6.13. The third-order valence-electron chi connectivity index (χ3n) is 3.37. The standard InChI is InChI=1S/C11H24N2O2S/c1-13(7-8-16(2,14)15)9-11(12)10-5-3-4-6-10/h10-11H,3-9,12H2,1-2H3. The predicted molar refractivity (Wildman–Crippen MR) is 67.1 cm³/mol. The highest BCUT2D eigenvalue weighted by atomic mass is 32.2. The van der Waals surface area contributed by atoms with Gasteiger partial charge in [0.15, 0.2) is 0 Å². The van der Waals surface area contributed by atoms with Crippen LogP contribution in [0.3, 0.4) is 0 Å². The summed E-state index contributed by atoms with van der Waals surface area (Å²) in [6.07, 6.45) is 6.34. The molecule has 1 atom stereocenters. The molecule has 4 nitrogen and oxygen atoms in total. The minimum Gasteiger partial charge on any atom is -0.326 e. The molecule has 2 N–H and O–H groups in total. The quantitative estimate of drug-likeness (QED) is 0.742. The van der Waals surface area contributed by atoms with Crippen molar-refractivity contribution in [2.24, 2.45) is 11.7 Å². The maximum atomic E-state index is 11.0. The van der Waals surface area contributed by atoms with E-state index in [1.54, 1.807) is 0 Å². The summed E-state index contributed by atoms with van der Waals surface area (Å²) < 4.78 is 22.0. The molecule has 1 aliphatic carbocycles. The van der Waals surface area contributed by atoms with Crippen LogP contribution >= 0.6 is 0 Å². The number of nitrogens with zero attached hydrogens (tertiary/aromatic N) is 1. The highest BCUT2D eigenvalue weighted by molar-refractivity contribution is 7.90. The van der Waals surface area contributed by atoms with Gasteiger partial charge in [0.25, 0.3) is 0 Å². The van der Waals surface area contributed by atoms with Gasteiger partial charge >= 0.3 is 0 Å². The molecule has 0 radical (unpaired) electrons. The van der Waals surface area contributed by atoms with E-state index in [1.807, 2.05) is 11.9 Å². The van der Waals surface area contributed by atoms with Crippen LogP contribution < -0.4 is 5.73 Å². The van der Waals surface area contributed by atoms with Crippen molar-refractivity contribution in [1.29, 1.82) is 0 Å². The van der Waals surface area contributed by atoms with Gasteiger partial charge in [0, 0.05) is 25.4 Å². The van der Waals surface area contributed by atoms with Crippen molar-refractivity contribution in [3.05, 3.63) is 0 Å². The van der Waals surface area contributed by atoms with Gasteiger partial charge in [-0.1, -0.05) is 12.8 Å². The van der Waals surface area contributed by atoms with Crippen molar-refractivity contribution in [1.82, 2.24) is 4.90 Å². The highest BCUT2D eigenvalue weighted by Crippen LogP contribution is 2.26. The Bertz CT molecular complexity index is 297. The summed E-state index contributed by atoms with van der Waals surface area (Å²) in [7, 11) is -0.912. The van der Waals surface area contributed by atoms with Crippen molar-refractivity contribution < 1.29 is 8.42 Å². The SMILES string of the molecule is CN(CCS(C)(=O)=O)CC(N)C1CCCC1. The zero-order valence-electron chi connectivity index (χ0n) is 10.4. The lowest BCUT2D eigenvalue weighted by Gasteiger charge is -2.25. The lowest BCUT2D eigenvalue weighted by molar-refractivity contribution is 0.282. The monoisotopic (exact) mass is 248 g/mol. The van der Waals surface area contributed by atoms with Gasteiger partial charge in [0.05, 0.1) is 5.75 Å². The van der Waals surface area contributed by atoms with Crippen molar-refractivity contribution in [3.63, 3.8) is 0 Å². The second kappa shape index (κ2) is 5.98. The van der Waals surface area contributed by atoms with E-state index in [0.717, 1.165) is 6.54 Å². The zero-order valence-corrected chi connectivity index (χ0v) is 11.2. The molecule has 96 valence electrons. The van der Waals surface area contributed by atoms with E-state index in [1.165, 1.54) is 31.9 Å². The second-order valence-corrected chi connectivity index (χ2v) is 7.36. The molecule has 0 aromatic heterocycles. The molecule has 0 heterocycles. The third kappa shape index (κ3) is 5.27. The molecule has 1 fully saturated rings. The first-order valence-corrected chi connectivity index (χ1v) is 8.06.